The lowest BCUT2D eigenvalue weighted by Crippen LogP contribution is -2.13. The van der Waals surface area contributed by atoms with Gasteiger partial charge in [-0.2, -0.15) is 0 Å². The van der Waals surface area contributed by atoms with Gasteiger partial charge in [0.1, 0.15) is 24.0 Å². The van der Waals surface area contributed by atoms with E-state index in [0.29, 0.717) is 6.42 Å². The largest absolute Gasteiger partial charge is 0.354 e. The summed E-state index contributed by atoms with van der Waals surface area (Å²) in [5.41, 5.74) is 2.76. The van der Waals surface area contributed by atoms with Crippen molar-refractivity contribution in [3.8, 4) is 0 Å². The average Bonchev–Trinajstić information content (AvgIpc) is 3.18. The molecule has 124 valence electrons. The highest BCUT2D eigenvalue weighted by atomic mass is 35.5. The van der Waals surface area contributed by atoms with Crippen molar-refractivity contribution in [3.05, 3.63) is 58.9 Å². The number of aryl methyl sites for hydroxylation is 1. The summed E-state index contributed by atoms with van der Waals surface area (Å²) in [6, 6.07) is 6.96. The highest BCUT2D eigenvalue weighted by molar-refractivity contribution is 6.30. The Morgan fingerprint density at radius 2 is 2.17 bits per heavy atom. The molecule has 0 bridgehead atoms. The highest BCUT2D eigenvalue weighted by Gasteiger charge is 2.28. The maximum atomic E-state index is 13.6. The second-order valence-electron chi connectivity index (χ2n) is 6.16. The van der Waals surface area contributed by atoms with Crippen LogP contribution in [0.2, 0.25) is 5.02 Å². The lowest BCUT2D eigenvalue weighted by Gasteiger charge is -2.16. The first-order valence-electron chi connectivity index (χ1n) is 7.99. The number of nitrogens with zero attached hydrogens (tertiary/aromatic N) is 3. The molecular weight excluding hydrogens is 329 g/mol. The molecule has 1 aromatic carbocycles. The number of benzene rings is 1. The van der Waals surface area contributed by atoms with E-state index in [9.17, 15) is 4.39 Å². The van der Waals surface area contributed by atoms with Crippen molar-refractivity contribution >= 4 is 22.6 Å². The maximum absolute atomic E-state index is 13.6. The first kappa shape index (κ1) is 15.5. The van der Waals surface area contributed by atoms with E-state index in [2.05, 4.69) is 14.5 Å². The van der Waals surface area contributed by atoms with Crippen molar-refractivity contribution in [1.29, 1.82) is 0 Å². The van der Waals surface area contributed by atoms with Gasteiger partial charge in [0, 0.05) is 11.6 Å². The molecule has 1 aliphatic heterocycles. The third kappa shape index (κ3) is 2.78. The number of hydrogen-bond acceptors (Lipinski definition) is 3. The van der Waals surface area contributed by atoms with Gasteiger partial charge in [0.2, 0.25) is 0 Å². The standard InChI is InChI=1S/C18H17ClFN3O/c1-11-14-6-7-23(18(14)22-10-21-11)17-5-3-13(24-17)8-12-2-4-15(19)16(20)9-12/h2,4,6-7,9-10,13,17H,3,5,8H2,1H3/t13-,17+/m0/s1. The van der Waals surface area contributed by atoms with E-state index in [1.807, 2.05) is 25.3 Å². The second kappa shape index (κ2) is 6.15. The van der Waals surface area contributed by atoms with E-state index in [-0.39, 0.29) is 23.2 Å². The smallest absolute Gasteiger partial charge is 0.145 e. The summed E-state index contributed by atoms with van der Waals surface area (Å²) in [7, 11) is 0. The molecule has 0 spiro atoms. The Morgan fingerprint density at radius 1 is 1.29 bits per heavy atom. The van der Waals surface area contributed by atoms with Crippen molar-refractivity contribution < 1.29 is 9.13 Å². The van der Waals surface area contributed by atoms with Gasteiger partial charge in [0.15, 0.2) is 0 Å². The number of halogens is 2. The molecule has 0 amide bonds. The minimum atomic E-state index is -0.382. The molecule has 0 radical (unpaired) electrons. The van der Waals surface area contributed by atoms with Gasteiger partial charge >= 0.3 is 0 Å². The minimum absolute atomic E-state index is 0.0426. The third-order valence-corrected chi connectivity index (χ3v) is 4.86. The Balaban J connectivity index is 1.51. The first-order valence-corrected chi connectivity index (χ1v) is 8.37. The summed E-state index contributed by atoms with van der Waals surface area (Å²) in [5, 5.41) is 1.20. The van der Waals surface area contributed by atoms with Crippen LogP contribution in [0.1, 0.15) is 30.3 Å². The first-order chi connectivity index (χ1) is 11.6. The molecular formula is C18H17ClFN3O. The molecule has 0 saturated carbocycles. The predicted octanol–water partition coefficient (Wildman–Crippen LogP) is 4.45. The number of rotatable bonds is 3. The summed E-state index contributed by atoms with van der Waals surface area (Å²) in [5.74, 6) is -0.382. The van der Waals surface area contributed by atoms with Gasteiger partial charge in [-0.15, -0.1) is 0 Å². The Kier molecular flexibility index (Phi) is 3.98. The van der Waals surface area contributed by atoms with Crippen molar-refractivity contribution in [3.63, 3.8) is 0 Å². The average molecular weight is 346 g/mol. The molecule has 4 rings (SSSR count). The van der Waals surface area contributed by atoms with Gasteiger partial charge < -0.3 is 9.30 Å². The summed E-state index contributed by atoms with van der Waals surface area (Å²) in [6.07, 6.45) is 6.12. The van der Waals surface area contributed by atoms with Crippen LogP contribution in [0, 0.1) is 12.7 Å². The van der Waals surface area contributed by atoms with Crippen LogP contribution in [-0.2, 0) is 11.2 Å². The monoisotopic (exact) mass is 345 g/mol. The van der Waals surface area contributed by atoms with Crippen LogP contribution in [0.3, 0.4) is 0 Å². The second-order valence-corrected chi connectivity index (χ2v) is 6.57. The van der Waals surface area contributed by atoms with Crippen LogP contribution < -0.4 is 0 Å². The minimum Gasteiger partial charge on any atom is -0.354 e. The summed E-state index contributed by atoms with van der Waals surface area (Å²) >= 11 is 5.73. The Hall–Kier alpha value is -1.98. The molecule has 4 nitrogen and oxygen atoms in total. The molecule has 3 heterocycles. The molecule has 1 saturated heterocycles. The molecule has 24 heavy (non-hydrogen) atoms. The van der Waals surface area contributed by atoms with E-state index in [1.54, 1.807) is 12.4 Å². The van der Waals surface area contributed by atoms with Crippen LogP contribution in [0.25, 0.3) is 11.0 Å². The Labute approximate surface area is 144 Å². The Morgan fingerprint density at radius 3 is 3.00 bits per heavy atom. The predicted molar refractivity (Wildman–Crippen MR) is 90.5 cm³/mol. The van der Waals surface area contributed by atoms with E-state index in [0.717, 1.165) is 35.1 Å². The quantitative estimate of drug-likeness (QED) is 0.704. The van der Waals surface area contributed by atoms with Crippen LogP contribution in [0.5, 0.6) is 0 Å². The molecule has 0 N–H and O–H groups in total. The van der Waals surface area contributed by atoms with E-state index in [1.165, 1.54) is 6.07 Å². The van der Waals surface area contributed by atoms with Crippen molar-refractivity contribution in [2.75, 3.05) is 0 Å². The van der Waals surface area contributed by atoms with E-state index in [4.69, 9.17) is 16.3 Å². The van der Waals surface area contributed by atoms with Crippen LogP contribution in [-0.4, -0.2) is 20.6 Å². The van der Waals surface area contributed by atoms with E-state index >= 15 is 0 Å². The SMILES string of the molecule is Cc1ncnc2c1ccn2[C@H]1CC[C@@H](Cc2ccc(Cl)c(F)c2)O1. The molecule has 3 aromatic rings. The molecule has 1 fully saturated rings. The molecule has 0 aliphatic carbocycles. The van der Waals surface area contributed by atoms with Gasteiger partial charge in [-0.1, -0.05) is 17.7 Å². The van der Waals surface area contributed by atoms with Crippen molar-refractivity contribution in [1.82, 2.24) is 14.5 Å². The number of aromatic nitrogens is 3. The normalized spacial score (nSPS) is 20.8. The van der Waals surface area contributed by atoms with Gasteiger partial charge in [-0.25, -0.2) is 14.4 Å². The summed E-state index contributed by atoms with van der Waals surface area (Å²) in [4.78, 5) is 8.61. The maximum Gasteiger partial charge on any atom is 0.145 e. The van der Waals surface area contributed by atoms with Gasteiger partial charge in [0.25, 0.3) is 0 Å². The fourth-order valence-electron chi connectivity index (χ4n) is 3.30. The van der Waals surface area contributed by atoms with Gasteiger partial charge in [-0.3, -0.25) is 0 Å². The van der Waals surface area contributed by atoms with Crippen molar-refractivity contribution in [2.45, 2.75) is 38.5 Å². The lowest BCUT2D eigenvalue weighted by atomic mass is 10.1. The molecule has 2 aromatic heterocycles. The number of hydrogen-bond donors (Lipinski definition) is 0. The van der Waals surface area contributed by atoms with Crippen molar-refractivity contribution in [2.24, 2.45) is 0 Å². The number of fused-ring (bicyclic) bond motifs is 1. The van der Waals surface area contributed by atoms with Crippen LogP contribution in [0.15, 0.2) is 36.8 Å². The van der Waals surface area contributed by atoms with Crippen LogP contribution >= 0.6 is 11.6 Å². The van der Waals surface area contributed by atoms with Crippen LogP contribution in [0.4, 0.5) is 4.39 Å². The third-order valence-electron chi connectivity index (χ3n) is 4.55. The topological polar surface area (TPSA) is 39.9 Å². The molecule has 6 heteroatoms. The zero-order valence-corrected chi connectivity index (χ0v) is 14.0. The highest BCUT2D eigenvalue weighted by Crippen LogP contribution is 2.33. The lowest BCUT2D eigenvalue weighted by molar-refractivity contribution is 0.00503. The fraction of sp³-hybridized carbons (Fsp3) is 0.333. The zero-order valence-electron chi connectivity index (χ0n) is 13.2. The van der Waals surface area contributed by atoms with E-state index < -0.39 is 0 Å². The molecule has 2 atom stereocenters. The Bertz CT molecular complexity index is 895. The molecule has 0 unspecified atom stereocenters. The zero-order chi connectivity index (χ0) is 16.7. The van der Waals surface area contributed by atoms with Gasteiger partial charge in [-0.05, 0) is 49.9 Å². The number of ether oxygens (including phenoxy) is 1. The molecule has 1 aliphatic rings. The summed E-state index contributed by atoms with van der Waals surface area (Å²) < 4.78 is 21.8. The fourth-order valence-corrected chi connectivity index (χ4v) is 3.42. The van der Waals surface area contributed by atoms with Gasteiger partial charge in [0.05, 0.1) is 16.8 Å². The summed E-state index contributed by atoms with van der Waals surface area (Å²) in [6.45, 7) is 1.97.